The number of aliphatic hydroxyl groups excluding tert-OH is 1. The monoisotopic (exact) mass is 301 g/mol. The number of hydrogen-bond donors (Lipinski definition) is 1. The van der Waals surface area contributed by atoms with Crippen LogP contribution < -0.4 is 0 Å². The van der Waals surface area contributed by atoms with Gasteiger partial charge in [-0.15, -0.1) is 0 Å². The van der Waals surface area contributed by atoms with Crippen molar-refractivity contribution in [1.29, 1.82) is 0 Å². The standard InChI is InChI=1S/C14H17Cl2NO2/c1-9-8-17(5-4-13(9)18)14(19)7-10-2-3-11(15)12(16)6-10/h2-3,6,9,13,18H,4-5,7-8H2,1H3. The third kappa shape index (κ3) is 3.62. The van der Waals surface area contributed by atoms with Crippen molar-refractivity contribution in [2.24, 2.45) is 5.92 Å². The molecule has 1 aromatic rings. The Hall–Kier alpha value is -0.770. The van der Waals surface area contributed by atoms with Crippen molar-refractivity contribution in [2.75, 3.05) is 13.1 Å². The number of nitrogens with zero attached hydrogens (tertiary/aromatic N) is 1. The minimum Gasteiger partial charge on any atom is -0.393 e. The van der Waals surface area contributed by atoms with Gasteiger partial charge in [-0.05, 0) is 30.0 Å². The van der Waals surface area contributed by atoms with E-state index in [4.69, 9.17) is 23.2 Å². The van der Waals surface area contributed by atoms with Crippen LogP contribution in [0, 0.1) is 5.92 Å². The van der Waals surface area contributed by atoms with Gasteiger partial charge in [0.1, 0.15) is 0 Å². The number of carbonyl (C=O) groups excluding carboxylic acids is 1. The molecular weight excluding hydrogens is 285 g/mol. The molecule has 0 aromatic heterocycles. The maximum absolute atomic E-state index is 12.2. The van der Waals surface area contributed by atoms with E-state index in [1.54, 1.807) is 17.0 Å². The lowest BCUT2D eigenvalue weighted by Crippen LogP contribution is -2.45. The summed E-state index contributed by atoms with van der Waals surface area (Å²) in [5.41, 5.74) is 0.859. The molecule has 1 N–H and O–H groups in total. The summed E-state index contributed by atoms with van der Waals surface area (Å²) < 4.78 is 0. The van der Waals surface area contributed by atoms with Crippen LogP contribution in [0.3, 0.4) is 0 Å². The van der Waals surface area contributed by atoms with Crippen LogP contribution in [0.2, 0.25) is 10.0 Å². The first kappa shape index (κ1) is 14.6. The Labute approximate surface area is 123 Å². The highest BCUT2D eigenvalue weighted by Gasteiger charge is 2.27. The van der Waals surface area contributed by atoms with Crippen LogP contribution in [0.25, 0.3) is 0 Å². The topological polar surface area (TPSA) is 40.5 Å². The molecule has 1 saturated heterocycles. The van der Waals surface area contributed by atoms with Crippen molar-refractivity contribution in [3.63, 3.8) is 0 Å². The normalized spacial score (nSPS) is 23.5. The van der Waals surface area contributed by atoms with E-state index in [0.29, 0.717) is 36.0 Å². The highest BCUT2D eigenvalue weighted by molar-refractivity contribution is 6.42. The lowest BCUT2D eigenvalue weighted by molar-refractivity contribution is -0.133. The van der Waals surface area contributed by atoms with E-state index < -0.39 is 0 Å². The second-order valence-electron chi connectivity index (χ2n) is 5.10. The molecule has 2 unspecified atom stereocenters. The predicted molar refractivity (Wildman–Crippen MR) is 76.5 cm³/mol. The van der Waals surface area contributed by atoms with Gasteiger partial charge in [0, 0.05) is 13.1 Å². The van der Waals surface area contributed by atoms with E-state index >= 15 is 0 Å². The molecule has 1 amide bonds. The van der Waals surface area contributed by atoms with Gasteiger partial charge in [0.15, 0.2) is 0 Å². The summed E-state index contributed by atoms with van der Waals surface area (Å²) in [5.74, 6) is 0.198. The molecule has 0 saturated carbocycles. The number of carbonyl (C=O) groups is 1. The van der Waals surface area contributed by atoms with Crippen LogP contribution in [-0.4, -0.2) is 35.1 Å². The van der Waals surface area contributed by atoms with Crippen molar-refractivity contribution in [3.8, 4) is 0 Å². The van der Waals surface area contributed by atoms with E-state index in [-0.39, 0.29) is 17.9 Å². The van der Waals surface area contributed by atoms with E-state index in [0.717, 1.165) is 5.56 Å². The molecule has 19 heavy (non-hydrogen) atoms. The van der Waals surface area contributed by atoms with Gasteiger partial charge in [0.25, 0.3) is 0 Å². The Morgan fingerprint density at radius 2 is 2.16 bits per heavy atom. The molecule has 1 aromatic carbocycles. The molecule has 0 aliphatic carbocycles. The fourth-order valence-electron chi connectivity index (χ4n) is 2.30. The molecule has 2 rings (SSSR count). The molecule has 104 valence electrons. The maximum atomic E-state index is 12.2. The van der Waals surface area contributed by atoms with E-state index in [2.05, 4.69) is 0 Å². The zero-order valence-corrected chi connectivity index (χ0v) is 12.3. The summed E-state index contributed by atoms with van der Waals surface area (Å²) in [6.07, 6.45) is 0.669. The lowest BCUT2D eigenvalue weighted by atomic mass is 9.96. The van der Waals surface area contributed by atoms with Gasteiger partial charge in [0.2, 0.25) is 5.91 Å². The van der Waals surface area contributed by atoms with Gasteiger partial charge in [0.05, 0.1) is 22.6 Å². The van der Waals surface area contributed by atoms with Gasteiger partial charge in [-0.1, -0.05) is 36.2 Å². The predicted octanol–water partition coefficient (Wildman–Crippen LogP) is 2.77. The molecule has 1 aliphatic heterocycles. The minimum atomic E-state index is -0.297. The fourth-order valence-corrected chi connectivity index (χ4v) is 2.62. The van der Waals surface area contributed by atoms with Crippen molar-refractivity contribution in [1.82, 2.24) is 4.90 Å². The van der Waals surface area contributed by atoms with Crippen LogP contribution in [0.1, 0.15) is 18.9 Å². The molecular formula is C14H17Cl2NO2. The Balaban J connectivity index is 1.99. The van der Waals surface area contributed by atoms with E-state index in [1.165, 1.54) is 0 Å². The first-order valence-corrected chi connectivity index (χ1v) is 7.12. The minimum absolute atomic E-state index is 0.0668. The van der Waals surface area contributed by atoms with Crippen LogP contribution >= 0.6 is 23.2 Å². The Kier molecular flexibility index (Phi) is 4.71. The smallest absolute Gasteiger partial charge is 0.227 e. The molecule has 1 heterocycles. The highest BCUT2D eigenvalue weighted by Crippen LogP contribution is 2.23. The number of rotatable bonds is 2. The third-order valence-electron chi connectivity index (χ3n) is 3.55. The van der Waals surface area contributed by atoms with Gasteiger partial charge in [-0.3, -0.25) is 4.79 Å². The largest absolute Gasteiger partial charge is 0.393 e. The summed E-state index contributed by atoms with van der Waals surface area (Å²) >= 11 is 11.8. The first-order valence-electron chi connectivity index (χ1n) is 6.37. The summed E-state index contributed by atoms with van der Waals surface area (Å²) in [5, 5.41) is 10.6. The average Bonchev–Trinajstić information content (AvgIpc) is 2.37. The number of amides is 1. The quantitative estimate of drug-likeness (QED) is 0.912. The number of benzene rings is 1. The summed E-state index contributed by atoms with van der Waals surface area (Å²) in [6, 6.07) is 5.24. The van der Waals surface area contributed by atoms with Crippen molar-refractivity contribution in [3.05, 3.63) is 33.8 Å². The van der Waals surface area contributed by atoms with Crippen LogP contribution in [0.5, 0.6) is 0 Å². The van der Waals surface area contributed by atoms with Crippen molar-refractivity contribution < 1.29 is 9.90 Å². The lowest BCUT2D eigenvalue weighted by Gasteiger charge is -2.34. The van der Waals surface area contributed by atoms with Crippen molar-refractivity contribution in [2.45, 2.75) is 25.9 Å². The van der Waals surface area contributed by atoms with Crippen LogP contribution in [-0.2, 0) is 11.2 Å². The van der Waals surface area contributed by atoms with Crippen LogP contribution in [0.15, 0.2) is 18.2 Å². The molecule has 1 fully saturated rings. The number of halogens is 2. The Morgan fingerprint density at radius 3 is 2.79 bits per heavy atom. The summed E-state index contributed by atoms with van der Waals surface area (Å²) in [6.45, 7) is 3.19. The third-order valence-corrected chi connectivity index (χ3v) is 4.29. The zero-order valence-electron chi connectivity index (χ0n) is 10.8. The molecule has 3 nitrogen and oxygen atoms in total. The second-order valence-corrected chi connectivity index (χ2v) is 5.91. The van der Waals surface area contributed by atoms with Gasteiger partial charge >= 0.3 is 0 Å². The number of aliphatic hydroxyl groups is 1. The van der Waals surface area contributed by atoms with E-state index in [1.807, 2.05) is 13.0 Å². The van der Waals surface area contributed by atoms with E-state index in [9.17, 15) is 9.90 Å². The number of hydrogen-bond acceptors (Lipinski definition) is 2. The summed E-state index contributed by atoms with van der Waals surface area (Å²) in [4.78, 5) is 14.0. The van der Waals surface area contributed by atoms with Crippen molar-refractivity contribution >= 4 is 29.1 Å². The second kappa shape index (κ2) is 6.12. The molecule has 0 radical (unpaired) electrons. The Morgan fingerprint density at radius 1 is 1.42 bits per heavy atom. The molecule has 2 atom stereocenters. The highest BCUT2D eigenvalue weighted by atomic mass is 35.5. The Bertz CT molecular complexity index is 479. The van der Waals surface area contributed by atoms with Gasteiger partial charge in [-0.25, -0.2) is 0 Å². The fraction of sp³-hybridized carbons (Fsp3) is 0.500. The average molecular weight is 302 g/mol. The zero-order chi connectivity index (χ0) is 14.0. The maximum Gasteiger partial charge on any atom is 0.227 e. The summed E-state index contributed by atoms with van der Waals surface area (Å²) in [7, 11) is 0. The van der Waals surface area contributed by atoms with Gasteiger partial charge in [-0.2, -0.15) is 0 Å². The van der Waals surface area contributed by atoms with Gasteiger partial charge < -0.3 is 10.0 Å². The number of likely N-dealkylation sites (tertiary alicyclic amines) is 1. The van der Waals surface area contributed by atoms with Crippen LogP contribution in [0.4, 0.5) is 0 Å². The molecule has 0 spiro atoms. The molecule has 0 bridgehead atoms. The SMILES string of the molecule is CC1CN(C(=O)Cc2ccc(Cl)c(Cl)c2)CCC1O. The first-order chi connectivity index (χ1) is 8.97. The molecule has 5 heteroatoms. The number of piperidine rings is 1. The molecule has 1 aliphatic rings.